The molecule has 0 saturated carbocycles. The average molecular weight is 247 g/mol. The summed E-state index contributed by atoms with van der Waals surface area (Å²) in [5.41, 5.74) is 7.04. The largest absolute Gasteiger partial charge is 0.485 e. The Labute approximate surface area is 106 Å². The fraction of sp³-hybridized carbons (Fsp3) is 0.417. The highest BCUT2D eigenvalue weighted by molar-refractivity contribution is 5.35. The van der Waals surface area contributed by atoms with Gasteiger partial charge in [-0.1, -0.05) is 25.1 Å². The fourth-order valence-corrected chi connectivity index (χ4v) is 1.66. The molecule has 0 amide bonds. The number of hydrogen-bond acceptors (Lipinski definition) is 5. The van der Waals surface area contributed by atoms with Crippen LogP contribution in [-0.2, 0) is 13.7 Å². The van der Waals surface area contributed by atoms with Crippen molar-refractivity contribution >= 4 is 0 Å². The van der Waals surface area contributed by atoms with Gasteiger partial charge in [-0.3, -0.25) is 0 Å². The van der Waals surface area contributed by atoms with Crippen LogP contribution in [-0.4, -0.2) is 20.2 Å². The molecular weight excluding hydrogens is 230 g/mol. The van der Waals surface area contributed by atoms with Crippen LogP contribution in [0.2, 0.25) is 0 Å². The summed E-state index contributed by atoms with van der Waals surface area (Å²) in [5.74, 6) is 1.33. The summed E-state index contributed by atoms with van der Waals surface area (Å²) >= 11 is 0. The summed E-state index contributed by atoms with van der Waals surface area (Å²) in [6.45, 7) is 2.34. The van der Waals surface area contributed by atoms with Crippen LogP contribution in [0, 0.1) is 0 Å². The van der Waals surface area contributed by atoms with Gasteiger partial charge < -0.3 is 10.5 Å². The standard InChI is InChI=1S/C12H17N5O/c1-3-10(13)9-6-4-5-7-11(9)18-8-12-14-16-17(2)15-12/h4-7,10H,3,8,13H2,1-2H3/t10-/m1/s1. The molecular formula is C12H17N5O. The number of nitrogens with zero attached hydrogens (tertiary/aromatic N) is 4. The molecule has 6 heteroatoms. The molecule has 1 aromatic carbocycles. The van der Waals surface area contributed by atoms with Crippen molar-refractivity contribution in [3.05, 3.63) is 35.7 Å². The number of nitrogens with two attached hydrogens (primary N) is 1. The zero-order chi connectivity index (χ0) is 13.0. The molecule has 0 saturated heterocycles. The van der Waals surface area contributed by atoms with Crippen molar-refractivity contribution in [3.63, 3.8) is 0 Å². The Morgan fingerprint density at radius 3 is 2.83 bits per heavy atom. The maximum Gasteiger partial charge on any atom is 0.212 e. The van der Waals surface area contributed by atoms with E-state index in [0.29, 0.717) is 12.4 Å². The summed E-state index contributed by atoms with van der Waals surface area (Å²) in [6.07, 6.45) is 0.865. The lowest BCUT2D eigenvalue weighted by molar-refractivity contribution is 0.290. The summed E-state index contributed by atoms with van der Waals surface area (Å²) in [5, 5.41) is 11.7. The van der Waals surface area contributed by atoms with Crippen LogP contribution < -0.4 is 10.5 Å². The van der Waals surface area contributed by atoms with Crippen molar-refractivity contribution in [2.24, 2.45) is 12.8 Å². The second-order valence-corrected chi connectivity index (χ2v) is 4.04. The lowest BCUT2D eigenvalue weighted by Gasteiger charge is -2.14. The Balaban J connectivity index is 2.09. The lowest BCUT2D eigenvalue weighted by atomic mass is 10.0. The molecule has 1 heterocycles. The van der Waals surface area contributed by atoms with Crippen LogP contribution in [0.5, 0.6) is 5.75 Å². The Kier molecular flexibility index (Phi) is 3.88. The molecule has 2 rings (SSSR count). The molecule has 0 fully saturated rings. The number of benzene rings is 1. The molecule has 0 aliphatic carbocycles. The molecule has 1 atom stereocenters. The zero-order valence-corrected chi connectivity index (χ0v) is 10.6. The number of ether oxygens (including phenoxy) is 1. The Morgan fingerprint density at radius 1 is 1.39 bits per heavy atom. The number of para-hydroxylation sites is 1. The summed E-state index contributed by atoms with van der Waals surface area (Å²) in [7, 11) is 1.72. The monoisotopic (exact) mass is 247 g/mol. The van der Waals surface area contributed by atoms with E-state index in [1.165, 1.54) is 4.80 Å². The Morgan fingerprint density at radius 2 is 2.17 bits per heavy atom. The molecule has 2 aromatic rings. The quantitative estimate of drug-likeness (QED) is 0.858. The van der Waals surface area contributed by atoms with Gasteiger partial charge in [0, 0.05) is 11.6 Å². The Bertz CT molecular complexity index is 511. The first-order chi connectivity index (χ1) is 8.70. The molecule has 6 nitrogen and oxygen atoms in total. The molecule has 0 spiro atoms. The van der Waals surface area contributed by atoms with E-state index < -0.39 is 0 Å². The van der Waals surface area contributed by atoms with E-state index in [2.05, 4.69) is 15.4 Å². The van der Waals surface area contributed by atoms with Crippen molar-refractivity contribution in [1.82, 2.24) is 20.2 Å². The molecule has 2 N–H and O–H groups in total. The Hall–Kier alpha value is -1.95. The number of hydrogen-bond donors (Lipinski definition) is 1. The van der Waals surface area contributed by atoms with Crippen LogP contribution in [0.25, 0.3) is 0 Å². The van der Waals surface area contributed by atoms with Crippen LogP contribution in [0.15, 0.2) is 24.3 Å². The first-order valence-corrected chi connectivity index (χ1v) is 5.91. The fourth-order valence-electron chi connectivity index (χ4n) is 1.66. The van der Waals surface area contributed by atoms with E-state index in [-0.39, 0.29) is 6.04 Å². The van der Waals surface area contributed by atoms with Crippen molar-refractivity contribution in [3.8, 4) is 5.75 Å². The minimum atomic E-state index is -0.0176. The second kappa shape index (κ2) is 5.59. The summed E-state index contributed by atoms with van der Waals surface area (Å²) in [4.78, 5) is 1.41. The topological polar surface area (TPSA) is 78.9 Å². The smallest absolute Gasteiger partial charge is 0.212 e. The van der Waals surface area contributed by atoms with E-state index in [1.807, 2.05) is 31.2 Å². The maximum absolute atomic E-state index is 6.04. The molecule has 18 heavy (non-hydrogen) atoms. The summed E-state index contributed by atoms with van der Waals surface area (Å²) < 4.78 is 5.70. The predicted octanol–water partition coefficient (Wildman–Crippen LogP) is 1.20. The van der Waals surface area contributed by atoms with E-state index in [0.717, 1.165) is 17.7 Å². The van der Waals surface area contributed by atoms with E-state index >= 15 is 0 Å². The second-order valence-electron chi connectivity index (χ2n) is 4.04. The van der Waals surface area contributed by atoms with Gasteiger partial charge in [0.05, 0.1) is 7.05 Å². The van der Waals surface area contributed by atoms with Gasteiger partial charge in [-0.05, 0) is 17.7 Å². The normalized spacial score (nSPS) is 12.4. The van der Waals surface area contributed by atoms with Crippen LogP contribution in [0.3, 0.4) is 0 Å². The number of tetrazole rings is 1. The van der Waals surface area contributed by atoms with E-state index in [9.17, 15) is 0 Å². The molecule has 0 aliphatic heterocycles. The van der Waals surface area contributed by atoms with Gasteiger partial charge in [0.25, 0.3) is 0 Å². The number of aryl methyl sites for hydroxylation is 1. The SMILES string of the molecule is CC[C@@H](N)c1ccccc1OCc1nnn(C)n1. The minimum Gasteiger partial charge on any atom is -0.485 e. The van der Waals surface area contributed by atoms with Gasteiger partial charge in [0.15, 0.2) is 6.61 Å². The van der Waals surface area contributed by atoms with Gasteiger partial charge in [-0.15, -0.1) is 10.2 Å². The molecule has 0 bridgehead atoms. The third kappa shape index (κ3) is 2.84. The highest BCUT2D eigenvalue weighted by Gasteiger charge is 2.10. The van der Waals surface area contributed by atoms with Gasteiger partial charge in [-0.2, -0.15) is 4.80 Å². The predicted molar refractivity (Wildman–Crippen MR) is 66.8 cm³/mol. The van der Waals surface area contributed by atoms with Crippen LogP contribution in [0.4, 0.5) is 0 Å². The maximum atomic E-state index is 6.04. The van der Waals surface area contributed by atoms with Gasteiger partial charge >= 0.3 is 0 Å². The number of rotatable bonds is 5. The average Bonchev–Trinajstić information content (AvgIpc) is 2.81. The third-order valence-electron chi connectivity index (χ3n) is 2.66. The van der Waals surface area contributed by atoms with Gasteiger partial charge in [-0.25, -0.2) is 0 Å². The molecule has 0 unspecified atom stereocenters. The van der Waals surface area contributed by atoms with Gasteiger partial charge in [0.2, 0.25) is 5.82 Å². The summed E-state index contributed by atoms with van der Waals surface area (Å²) in [6, 6.07) is 7.74. The molecule has 0 radical (unpaired) electrons. The van der Waals surface area contributed by atoms with Crippen LogP contribution >= 0.6 is 0 Å². The van der Waals surface area contributed by atoms with Crippen molar-refractivity contribution in [2.45, 2.75) is 26.0 Å². The minimum absolute atomic E-state index is 0.0176. The third-order valence-corrected chi connectivity index (χ3v) is 2.66. The van der Waals surface area contributed by atoms with Gasteiger partial charge in [0.1, 0.15) is 5.75 Å². The van der Waals surface area contributed by atoms with E-state index in [1.54, 1.807) is 7.05 Å². The van der Waals surface area contributed by atoms with Crippen molar-refractivity contribution in [1.29, 1.82) is 0 Å². The van der Waals surface area contributed by atoms with Crippen molar-refractivity contribution < 1.29 is 4.74 Å². The highest BCUT2D eigenvalue weighted by atomic mass is 16.5. The first kappa shape index (κ1) is 12.5. The molecule has 96 valence electrons. The highest BCUT2D eigenvalue weighted by Crippen LogP contribution is 2.25. The molecule has 1 aromatic heterocycles. The first-order valence-electron chi connectivity index (χ1n) is 5.91. The van der Waals surface area contributed by atoms with Crippen molar-refractivity contribution in [2.75, 3.05) is 0 Å². The zero-order valence-electron chi connectivity index (χ0n) is 10.6. The molecule has 0 aliphatic rings. The lowest BCUT2D eigenvalue weighted by Crippen LogP contribution is -2.11. The van der Waals surface area contributed by atoms with Crippen LogP contribution in [0.1, 0.15) is 30.8 Å². The number of aromatic nitrogens is 4. The van der Waals surface area contributed by atoms with E-state index in [4.69, 9.17) is 10.5 Å².